The number of aliphatic hydroxyl groups is 1. The summed E-state index contributed by atoms with van der Waals surface area (Å²) < 4.78 is 5.26. The Hall–Kier alpha value is -0.410. The van der Waals surface area contributed by atoms with E-state index in [9.17, 15) is 5.11 Å². The van der Waals surface area contributed by atoms with Gasteiger partial charge in [0, 0.05) is 24.7 Å². The minimum absolute atomic E-state index is 0.703. The van der Waals surface area contributed by atoms with Crippen molar-refractivity contribution in [1.82, 2.24) is 19.6 Å². The van der Waals surface area contributed by atoms with Gasteiger partial charge >= 0.3 is 0 Å². The zero-order valence-corrected chi connectivity index (χ0v) is 13.2. The van der Waals surface area contributed by atoms with Crippen LogP contribution in [0.1, 0.15) is 24.2 Å². The summed E-state index contributed by atoms with van der Waals surface area (Å²) in [5.41, 5.74) is 1.56. The first kappa shape index (κ1) is 13.0. The highest BCUT2D eigenvalue weighted by Gasteiger charge is 2.21. The van der Waals surface area contributed by atoms with Crippen LogP contribution < -0.4 is 0 Å². The van der Waals surface area contributed by atoms with Crippen molar-refractivity contribution in [3.8, 4) is 0 Å². The molecule has 92 valence electrons. The SMILES string of the molecule is CCn1ncc(C(O)c2cnn(C)c2I)c1Br. The molecule has 5 nitrogen and oxygen atoms in total. The molecule has 1 atom stereocenters. The number of aromatic nitrogens is 4. The topological polar surface area (TPSA) is 55.9 Å². The number of rotatable bonds is 3. The third-order valence-corrected chi connectivity index (χ3v) is 4.77. The van der Waals surface area contributed by atoms with Crippen LogP contribution in [-0.2, 0) is 13.6 Å². The van der Waals surface area contributed by atoms with Crippen LogP contribution in [0.25, 0.3) is 0 Å². The maximum Gasteiger partial charge on any atom is 0.112 e. The Kier molecular flexibility index (Phi) is 3.88. The van der Waals surface area contributed by atoms with Gasteiger partial charge in [-0.3, -0.25) is 9.36 Å². The van der Waals surface area contributed by atoms with Crippen LogP contribution in [0.4, 0.5) is 0 Å². The summed E-state index contributed by atoms with van der Waals surface area (Å²) in [4.78, 5) is 0. The van der Waals surface area contributed by atoms with Gasteiger partial charge in [-0.25, -0.2) is 0 Å². The first-order chi connectivity index (χ1) is 8.06. The molecule has 2 rings (SSSR count). The number of nitrogens with zero attached hydrogens (tertiary/aromatic N) is 4. The van der Waals surface area contributed by atoms with Gasteiger partial charge in [-0.1, -0.05) is 0 Å². The summed E-state index contributed by atoms with van der Waals surface area (Å²) in [5, 5.41) is 18.7. The molecule has 0 aliphatic rings. The lowest BCUT2D eigenvalue weighted by atomic mass is 10.1. The van der Waals surface area contributed by atoms with Crippen LogP contribution in [0.3, 0.4) is 0 Å². The molecule has 17 heavy (non-hydrogen) atoms. The van der Waals surface area contributed by atoms with Crippen LogP contribution in [0.5, 0.6) is 0 Å². The van der Waals surface area contributed by atoms with E-state index < -0.39 is 6.10 Å². The van der Waals surface area contributed by atoms with Crippen LogP contribution in [0, 0.1) is 3.70 Å². The Bertz CT molecular complexity index is 536. The summed E-state index contributed by atoms with van der Waals surface area (Å²) >= 11 is 5.62. The fourth-order valence-electron chi connectivity index (χ4n) is 1.58. The smallest absolute Gasteiger partial charge is 0.112 e. The molecule has 1 unspecified atom stereocenters. The average molecular weight is 411 g/mol. The summed E-state index contributed by atoms with van der Waals surface area (Å²) in [6.07, 6.45) is 2.66. The molecule has 0 spiro atoms. The number of hydrogen-bond acceptors (Lipinski definition) is 3. The highest BCUT2D eigenvalue weighted by molar-refractivity contribution is 14.1. The Balaban J connectivity index is 2.40. The molecule has 2 heterocycles. The molecular formula is C10H12BrIN4O. The maximum atomic E-state index is 10.3. The summed E-state index contributed by atoms with van der Waals surface area (Å²) in [6.45, 7) is 2.76. The first-order valence-corrected chi connectivity index (χ1v) is 7.00. The van der Waals surface area contributed by atoms with Crippen molar-refractivity contribution in [3.05, 3.63) is 31.8 Å². The lowest BCUT2D eigenvalue weighted by molar-refractivity contribution is 0.218. The third-order valence-electron chi connectivity index (χ3n) is 2.58. The normalized spacial score (nSPS) is 13.0. The molecule has 2 aromatic heterocycles. The molecule has 2 aromatic rings. The number of aryl methyl sites for hydroxylation is 2. The average Bonchev–Trinajstić information content (AvgIpc) is 2.83. The molecule has 0 saturated heterocycles. The van der Waals surface area contributed by atoms with E-state index in [-0.39, 0.29) is 0 Å². The minimum atomic E-state index is -0.703. The lowest BCUT2D eigenvalue weighted by Gasteiger charge is -2.08. The fourth-order valence-corrected chi connectivity index (χ4v) is 2.80. The van der Waals surface area contributed by atoms with E-state index in [2.05, 4.69) is 48.7 Å². The van der Waals surface area contributed by atoms with E-state index in [0.717, 1.165) is 26.0 Å². The third kappa shape index (κ3) is 2.27. The Morgan fingerprint density at radius 2 is 2.06 bits per heavy atom. The second-order valence-electron chi connectivity index (χ2n) is 3.62. The molecule has 0 fully saturated rings. The van der Waals surface area contributed by atoms with E-state index >= 15 is 0 Å². The van der Waals surface area contributed by atoms with Crippen LogP contribution >= 0.6 is 38.5 Å². The highest BCUT2D eigenvalue weighted by atomic mass is 127. The predicted octanol–water partition coefficient (Wildman–Crippen LogP) is 2.09. The summed E-state index contributed by atoms with van der Waals surface area (Å²) in [7, 11) is 1.85. The molecule has 0 radical (unpaired) electrons. The second kappa shape index (κ2) is 5.07. The molecule has 7 heteroatoms. The second-order valence-corrected chi connectivity index (χ2v) is 5.40. The van der Waals surface area contributed by atoms with Crippen molar-refractivity contribution in [3.63, 3.8) is 0 Å². The van der Waals surface area contributed by atoms with Crippen LogP contribution in [0.2, 0.25) is 0 Å². The molecule has 0 aromatic carbocycles. The van der Waals surface area contributed by atoms with Gasteiger partial charge in [0.2, 0.25) is 0 Å². The van der Waals surface area contributed by atoms with Crippen molar-refractivity contribution in [2.24, 2.45) is 7.05 Å². The van der Waals surface area contributed by atoms with E-state index in [1.165, 1.54) is 0 Å². The lowest BCUT2D eigenvalue weighted by Crippen LogP contribution is -2.03. The maximum absolute atomic E-state index is 10.3. The minimum Gasteiger partial charge on any atom is -0.383 e. The van der Waals surface area contributed by atoms with E-state index in [4.69, 9.17) is 0 Å². The van der Waals surface area contributed by atoms with Gasteiger partial charge in [0.15, 0.2) is 0 Å². The first-order valence-electron chi connectivity index (χ1n) is 5.13. The fraction of sp³-hybridized carbons (Fsp3) is 0.400. The highest BCUT2D eigenvalue weighted by Crippen LogP contribution is 2.30. The zero-order valence-electron chi connectivity index (χ0n) is 9.43. The molecule has 0 saturated carbocycles. The van der Waals surface area contributed by atoms with Crippen LogP contribution in [-0.4, -0.2) is 24.7 Å². The van der Waals surface area contributed by atoms with E-state index in [1.54, 1.807) is 21.8 Å². The Labute approximate surface area is 121 Å². The van der Waals surface area contributed by atoms with Gasteiger partial charge in [0.25, 0.3) is 0 Å². The quantitative estimate of drug-likeness (QED) is 0.788. The monoisotopic (exact) mass is 410 g/mol. The largest absolute Gasteiger partial charge is 0.383 e. The molecule has 0 amide bonds. The summed E-state index contributed by atoms with van der Waals surface area (Å²) in [5.74, 6) is 0. The molecule has 0 aliphatic heterocycles. The van der Waals surface area contributed by atoms with Crippen molar-refractivity contribution in [2.45, 2.75) is 19.6 Å². The van der Waals surface area contributed by atoms with E-state index in [1.807, 2.05) is 14.0 Å². The van der Waals surface area contributed by atoms with Crippen molar-refractivity contribution in [1.29, 1.82) is 0 Å². The van der Waals surface area contributed by atoms with Gasteiger partial charge in [0.1, 0.15) is 14.4 Å². The van der Waals surface area contributed by atoms with Gasteiger partial charge < -0.3 is 5.11 Å². The van der Waals surface area contributed by atoms with Crippen molar-refractivity contribution in [2.75, 3.05) is 0 Å². The van der Waals surface area contributed by atoms with Crippen LogP contribution in [0.15, 0.2) is 17.0 Å². The molecule has 0 bridgehead atoms. The zero-order chi connectivity index (χ0) is 12.6. The standard InChI is InChI=1S/C10H12BrIN4O/c1-3-16-9(11)6(4-14-16)8(17)7-5-13-15(2)10(7)12/h4-5,8,17H,3H2,1-2H3. The number of halogens is 2. The van der Waals surface area contributed by atoms with Gasteiger partial charge in [-0.05, 0) is 45.4 Å². The van der Waals surface area contributed by atoms with Gasteiger partial charge in [0.05, 0.1) is 12.4 Å². The van der Waals surface area contributed by atoms with Crippen molar-refractivity contribution >= 4 is 38.5 Å². The molecule has 0 aliphatic carbocycles. The summed E-state index contributed by atoms with van der Waals surface area (Å²) in [6, 6.07) is 0. The van der Waals surface area contributed by atoms with E-state index in [0.29, 0.717) is 0 Å². The molecular weight excluding hydrogens is 399 g/mol. The predicted molar refractivity (Wildman–Crippen MR) is 75.6 cm³/mol. The van der Waals surface area contributed by atoms with Gasteiger partial charge in [-0.2, -0.15) is 10.2 Å². The van der Waals surface area contributed by atoms with Gasteiger partial charge in [-0.15, -0.1) is 0 Å². The van der Waals surface area contributed by atoms with Crippen molar-refractivity contribution < 1.29 is 5.11 Å². The number of aliphatic hydroxyl groups excluding tert-OH is 1. The molecule has 1 N–H and O–H groups in total. The Morgan fingerprint density at radius 3 is 2.53 bits per heavy atom. The Morgan fingerprint density at radius 1 is 1.41 bits per heavy atom. The number of hydrogen-bond donors (Lipinski definition) is 1.